The SMILES string of the molecule is Cc1ccc(C(C)NCc2csc(C(=O)O)n2)o1. The largest absolute Gasteiger partial charge is 0.476 e. The van der Waals surface area contributed by atoms with Crippen molar-refractivity contribution in [1.29, 1.82) is 0 Å². The Morgan fingerprint density at radius 1 is 1.61 bits per heavy atom. The fourth-order valence-corrected chi connectivity index (χ4v) is 2.19. The van der Waals surface area contributed by atoms with Crippen LogP contribution in [0.3, 0.4) is 0 Å². The van der Waals surface area contributed by atoms with E-state index in [0.29, 0.717) is 6.54 Å². The minimum atomic E-state index is -0.985. The van der Waals surface area contributed by atoms with Crippen LogP contribution in [0.1, 0.15) is 40.0 Å². The lowest BCUT2D eigenvalue weighted by atomic mass is 10.2. The third kappa shape index (κ3) is 2.96. The third-order valence-electron chi connectivity index (χ3n) is 2.51. The van der Waals surface area contributed by atoms with Crippen molar-refractivity contribution < 1.29 is 14.3 Å². The van der Waals surface area contributed by atoms with Gasteiger partial charge in [0, 0.05) is 11.9 Å². The molecule has 2 heterocycles. The van der Waals surface area contributed by atoms with Gasteiger partial charge in [0.25, 0.3) is 0 Å². The fraction of sp³-hybridized carbons (Fsp3) is 0.333. The summed E-state index contributed by atoms with van der Waals surface area (Å²) in [6.45, 7) is 4.41. The van der Waals surface area contributed by atoms with Crippen molar-refractivity contribution in [3.8, 4) is 0 Å². The first-order valence-corrected chi connectivity index (χ1v) is 6.41. The Kier molecular flexibility index (Phi) is 3.78. The molecule has 0 bridgehead atoms. The average molecular weight is 266 g/mol. The van der Waals surface area contributed by atoms with Crippen molar-refractivity contribution in [2.24, 2.45) is 0 Å². The van der Waals surface area contributed by atoms with Gasteiger partial charge in [-0.25, -0.2) is 9.78 Å². The number of furan rings is 1. The van der Waals surface area contributed by atoms with E-state index in [2.05, 4.69) is 10.3 Å². The van der Waals surface area contributed by atoms with E-state index in [9.17, 15) is 4.79 Å². The zero-order valence-corrected chi connectivity index (χ0v) is 11.0. The number of aromatic nitrogens is 1. The Morgan fingerprint density at radius 2 is 2.39 bits per heavy atom. The Hall–Kier alpha value is -1.66. The van der Waals surface area contributed by atoms with Gasteiger partial charge in [-0.05, 0) is 26.0 Å². The summed E-state index contributed by atoms with van der Waals surface area (Å²) < 4.78 is 5.50. The van der Waals surface area contributed by atoms with Gasteiger partial charge in [-0.1, -0.05) is 0 Å². The molecular formula is C12H14N2O3S. The Labute approximate surface area is 108 Å². The highest BCUT2D eigenvalue weighted by Crippen LogP contribution is 2.16. The quantitative estimate of drug-likeness (QED) is 0.870. The first kappa shape index (κ1) is 12.8. The summed E-state index contributed by atoms with van der Waals surface area (Å²) in [5.41, 5.74) is 0.729. The lowest BCUT2D eigenvalue weighted by Crippen LogP contribution is -2.17. The Balaban J connectivity index is 1.92. The average Bonchev–Trinajstić information content (AvgIpc) is 2.94. The van der Waals surface area contributed by atoms with Crippen molar-refractivity contribution in [2.75, 3.05) is 0 Å². The minimum Gasteiger partial charge on any atom is -0.476 e. The summed E-state index contributed by atoms with van der Waals surface area (Å²) in [7, 11) is 0. The van der Waals surface area contributed by atoms with Crippen molar-refractivity contribution in [3.63, 3.8) is 0 Å². The van der Waals surface area contributed by atoms with Gasteiger partial charge in [0.05, 0.1) is 11.7 Å². The second kappa shape index (κ2) is 5.32. The molecule has 0 aliphatic carbocycles. The maximum Gasteiger partial charge on any atom is 0.365 e. The van der Waals surface area contributed by atoms with Gasteiger partial charge >= 0.3 is 5.97 Å². The van der Waals surface area contributed by atoms with E-state index in [0.717, 1.165) is 28.6 Å². The molecule has 2 aromatic rings. The second-order valence-corrected chi connectivity index (χ2v) is 4.86. The standard InChI is InChI=1S/C12H14N2O3S/c1-7-3-4-10(17-7)8(2)13-5-9-6-18-11(14-9)12(15)16/h3-4,6,8,13H,5H2,1-2H3,(H,15,16). The van der Waals surface area contributed by atoms with E-state index in [1.54, 1.807) is 5.38 Å². The summed E-state index contributed by atoms with van der Waals surface area (Å²) in [5, 5.41) is 13.9. The van der Waals surface area contributed by atoms with E-state index in [-0.39, 0.29) is 11.0 Å². The Morgan fingerprint density at radius 3 is 2.94 bits per heavy atom. The highest BCUT2D eigenvalue weighted by Gasteiger charge is 2.12. The second-order valence-electron chi connectivity index (χ2n) is 4.00. The van der Waals surface area contributed by atoms with Crippen molar-refractivity contribution in [3.05, 3.63) is 39.7 Å². The van der Waals surface area contributed by atoms with Crippen LogP contribution < -0.4 is 5.32 Å². The van der Waals surface area contributed by atoms with Crippen LogP contribution in [0, 0.1) is 6.92 Å². The van der Waals surface area contributed by atoms with Crippen LogP contribution in [0.15, 0.2) is 21.9 Å². The number of rotatable bonds is 5. The van der Waals surface area contributed by atoms with Crippen molar-refractivity contribution in [2.45, 2.75) is 26.4 Å². The molecular weight excluding hydrogens is 252 g/mol. The number of aromatic carboxylic acids is 1. The molecule has 0 spiro atoms. The number of carboxylic acid groups (broad SMARTS) is 1. The van der Waals surface area contributed by atoms with Crippen molar-refractivity contribution >= 4 is 17.3 Å². The maximum absolute atomic E-state index is 10.7. The normalized spacial score (nSPS) is 12.6. The summed E-state index contributed by atoms with van der Waals surface area (Å²) in [6.07, 6.45) is 0. The predicted molar refractivity (Wildman–Crippen MR) is 67.8 cm³/mol. The summed E-state index contributed by atoms with van der Waals surface area (Å²) in [5.74, 6) is 0.752. The van der Waals surface area contributed by atoms with E-state index < -0.39 is 5.97 Å². The number of aryl methyl sites for hydroxylation is 1. The highest BCUT2D eigenvalue weighted by atomic mass is 32.1. The summed E-state index contributed by atoms with van der Waals surface area (Å²) >= 11 is 1.14. The summed E-state index contributed by atoms with van der Waals surface area (Å²) in [4.78, 5) is 14.7. The van der Waals surface area contributed by atoms with Crippen LogP contribution in [0.2, 0.25) is 0 Å². The van der Waals surface area contributed by atoms with Gasteiger partial charge in [0.2, 0.25) is 5.01 Å². The van der Waals surface area contributed by atoms with E-state index in [4.69, 9.17) is 9.52 Å². The lowest BCUT2D eigenvalue weighted by Gasteiger charge is -2.09. The molecule has 0 aliphatic heterocycles. The van der Waals surface area contributed by atoms with Gasteiger partial charge < -0.3 is 14.8 Å². The number of thiazole rings is 1. The third-order valence-corrected chi connectivity index (χ3v) is 3.39. The molecule has 0 aliphatic rings. The number of nitrogens with zero attached hydrogens (tertiary/aromatic N) is 1. The molecule has 18 heavy (non-hydrogen) atoms. The number of carbonyl (C=O) groups is 1. The molecule has 6 heteroatoms. The zero-order chi connectivity index (χ0) is 13.1. The molecule has 2 aromatic heterocycles. The smallest absolute Gasteiger partial charge is 0.365 e. The molecule has 5 nitrogen and oxygen atoms in total. The van der Waals surface area contributed by atoms with E-state index in [1.807, 2.05) is 26.0 Å². The molecule has 1 unspecified atom stereocenters. The molecule has 0 amide bonds. The lowest BCUT2D eigenvalue weighted by molar-refractivity contribution is 0.0696. The van der Waals surface area contributed by atoms with Gasteiger partial charge in [0.15, 0.2) is 0 Å². The molecule has 0 fully saturated rings. The molecule has 96 valence electrons. The fourth-order valence-electron chi connectivity index (χ4n) is 1.53. The number of carboxylic acids is 1. The molecule has 2 rings (SSSR count). The molecule has 0 radical (unpaired) electrons. The van der Waals surface area contributed by atoms with Gasteiger partial charge in [-0.3, -0.25) is 0 Å². The molecule has 0 saturated heterocycles. The monoisotopic (exact) mass is 266 g/mol. The number of hydrogen-bond donors (Lipinski definition) is 2. The predicted octanol–water partition coefficient (Wildman–Crippen LogP) is 2.59. The van der Waals surface area contributed by atoms with Gasteiger partial charge in [0.1, 0.15) is 11.5 Å². The molecule has 2 N–H and O–H groups in total. The van der Waals surface area contributed by atoms with E-state index >= 15 is 0 Å². The van der Waals surface area contributed by atoms with E-state index in [1.165, 1.54) is 0 Å². The van der Waals surface area contributed by atoms with Crippen LogP contribution in [0.4, 0.5) is 0 Å². The number of nitrogens with one attached hydrogen (secondary N) is 1. The number of hydrogen-bond acceptors (Lipinski definition) is 5. The highest BCUT2D eigenvalue weighted by molar-refractivity contribution is 7.11. The van der Waals surface area contributed by atoms with Crippen molar-refractivity contribution in [1.82, 2.24) is 10.3 Å². The van der Waals surface area contributed by atoms with Gasteiger partial charge in [-0.2, -0.15) is 0 Å². The van der Waals surface area contributed by atoms with Crippen LogP contribution >= 0.6 is 11.3 Å². The molecule has 0 saturated carbocycles. The minimum absolute atomic E-state index is 0.0636. The topological polar surface area (TPSA) is 75.4 Å². The van der Waals surface area contributed by atoms with Gasteiger partial charge in [-0.15, -0.1) is 11.3 Å². The van der Waals surface area contributed by atoms with Crippen LogP contribution in [-0.4, -0.2) is 16.1 Å². The Bertz CT molecular complexity index is 547. The maximum atomic E-state index is 10.7. The zero-order valence-electron chi connectivity index (χ0n) is 10.1. The van der Waals surface area contributed by atoms with Crippen LogP contribution in [0.25, 0.3) is 0 Å². The first-order chi connectivity index (χ1) is 8.56. The molecule has 1 atom stereocenters. The summed E-state index contributed by atoms with van der Waals surface area (Å²) in [6, 6.07) is 3.91. The van der Waals surface area contributed by atoms with Crippen LogP contribution in [0.5, 0.6) is 0 Å². The first-order valence-electron chi connectivity index (χ1n) is 5.53. The van der Waals surface area contributed by atoms with Crippen LogP contribution in [-0.2, 0) is 6.54 Å². The molecule has 0 aromatic carbocycles.